The lowest BCUT2D eigenvalue weighted by molar-refractivity contribution is -0.127. The van der Waals surface area contributed by atoms with Crippen LogP contribution in [-0.4, -0.2) is 16.1 Å². The zero-order valence-corrected chi connectivity index (χ0v) is 8.87. The van der Waals surface area contributed by atoms with Gasteiger partial charge in [0.15, 0.2) is 0 Å². The molecule has 1 unspecified atom stereocenters. The summed E-state index contributed by atoms with van der Waals surface area (Å²) in [4.78, 5) is 11.7. The van der Waals surface area contributed by atoms with Crippen molar-refractivity contribution >= 4 is 5.91 Å². The number of nitrogens with one attached hydrogen (secondary N) is 2. The van der Waals surface area contributed by atoms with Gasteiger partial charge in [0, 0.05) is 18.3 Å². The van der Waals surface area contributed by atoms with E-state index in [2.05, 4.69) is 15.5 Å². The van der Waals surface area contributed by atoms with Gasteiger partial charge in [-0.15, -0.1) is 0 Å². The van der Waals surface area contributed by atoms with Crippen molar-refractivity contribution < 1.29 is 4.79 Å². The molecule has 0 saturated heterocycles. The maximum Gasteiger partial charge on any atom is 0.240 e. The third kappa shape index (κ3) is 2.56. The predicted octanol–water partition coefficient (Wildman–Crippen LogP) is 0.966. The van der Waals surface area contributed by atoms with E-state index < -0.39 is 5.41 Å². The number of amides is 1. The van der Waals surface area contributed by atoms with Crippen molar-refractivity contribution in [2.45, 2.75) is 26.8 Å². The van der Waals surface area contributed by atoms with Crippen LogP contribution in [0.4, 0.5) is 0 Å². The second kappa shape index (κ2) is 4.60. The first-order valence-electron chi connectivity index (χ1n) is 4.79. The summed E-state index contributed by atoms with van der Waals surface area (Å²) in [7, 11) is 0. The molecule has 5 heteroatoms. The average molecular weight is 206 g/mol. The molecular weight excluding hydrogens is 192 g/mol. The van der Waals surface area contributed by atoms with Crippen LogP contribution in [0.2, 0.25) is 0 Å². The van der Waals surface area contributed by atoms with Crippen molar-refractivity contribution in [2.24, 2.45) is 5.41 Å². The van der Waals surface area contributed by atoms with Crippen LogP contribution in [0.1, 0.15) is 25.8 Å². The molecule has 80 valence electrons. The number of H-pyrrole nitrogens is 1. The van der Waals surface area contributed by atoms with Crippen molar-refractivity contribution in [2.75, 3.05) is 0 Å². The Balaban J connectivity index is 2.53. The highest BCUT2D eigenvalue weighted by atomic mass is 16.2. The van der Waals surface area contributed by atoms with E-state index in [0.29, 0.717) is 13.0 Å². The minimum atomic E-state index is -0.941. The van der Waals surface area contributed by atoms with E-state index in [4.69, 9.17) is 5.26 Å². The van der Waals surface area contributed by atoms with Gasteiger partial charge in [-0.05, 0) is 13.3 Å². The largest absolute Gasteiger partial charge is 0.351 e. The Kier molecular flexibility index (Phi) is 3.45. The van der Waals surface area contributed by atoms with Gasteiger partial charge in [0.1, 0.15) is 5.41 Å². The quantitative estimate of drug-likeness (QED) is 0.770. The minimum Gasteiger partial charge on any atom is -0.351 e. The van der Waals surface area contributed by atoms with Crippen LogP contribution in [0, 0.1) is 16.7 Å². The number of nitrogens with zero attached hydrogens (tertiary/aromatic N) is 2. The maximum absolute atomic E-state index is 11.7. The summed E-state index contributed by atoms with van der Waals surface area (Å²) in [6.45, 7) is 3.85. The Labute approximate surface area is 88.5 Å². The average Bonchev–Trinajstić information content (AvgIpc) is 2.77. The van der Waals surface area contributed by atoms with E-state index in [1.807, 2.05) is 13.0 Å². The van der Waals surface area contributed by atoms with Crippen LogP contribution in [0.5, 0.6) is 0 Å². The molecule has 1 rings (SSSR count). The summed E-state index contributed by atoms with van der Waals surface area (Å²) in [5.41, 5.74) is -0.0521. The summed E-state index contributed by atoms with van der Waals surface area (Å²) in [6, 6.07) is 2.02. The number of carbonyl (C=O) groups is 1. The Morgan fingerprint density at radius 1 is 1.80 bits per heavy atom. The lowest BCUT2D eigenvalue weighted by Gasteiger charge is -2.17. The molecule has 1 atom stereocenters. The fraction of sp³-hybridized carbons (Fsp3) is 0.500. The molecule has 0 spiro atoms. The smallest absolute Gasteiger partial charge is 0.240 e. The number of rotatable bonds is 4. The highest BCUT2D eigenvalue weighted by Gasteiger charge is 2.30. The monoisotopic (exact) mass is 206 g/mol. The molecule has 0 bridgehead atoms. The Bertz CT molecular complexity index is 365. The SMILES string of the molecule is CCC(C)(C#N)C(=O)NCc1cn[nH]c1. The lowest BCUT2D eigenvalue weighted by atomic mass is 9.88. The van der Waals surface area contributed by atoms with Gasteiger partial charge in [-0.3, -0.25) is 9.89 Å². The van der Waals surface area contributed by atoms with Crippen LogP contribution in [0.3, 0.4) is 0 Å². The van der Waals surface area contributed by atoms with Crippen molar-refractivity contribution in [3.05, 3.63) is 18.0 Å². The molecule has 2 N–H and O–H groups in total. The molecule has 0 radical (unpaired) electrons. The summed E-state index contributed by atoms with van der Waals surface area (Å²) in [6.07, 6.45) is 3.84. The first kappa shape index (κ1) is 11.2. The summed E-state index contributed by atoms with van der Waals surface area (Å²) in [5.74, 6) is -0.242. The first-order chi connectivity index (χ1) is 7.12. The van der Waals surface area contributed by atoms with E-state index in [0.717, 1.165) is 5.56 Å². The van der Waals surface area contributed by atoms with Gasteiger partial charge < -0.3 is 5.32 Å². The first-order valence-corrected chi connectivity index (χ1v) is 4.79. The van der Waals surface area contributed by atoms with Crippen molar-refractivity contribution in [1.29, 1.82) is 5.26 Å². The van der Waals surface area contributed by atoms with Crippen LogP contribution in [0.25, 0.3) is 0 Å². The Hall–Kier alpha value is -1.83. The van der Waals surface area contributed by atoms with Crippen LogP contribution in [-0.2, 0) is 11.3 Å². The Morgan fingerprint density at radius 3 is 3.00 bits per heavy atom. The summed E-state index contributed by atoms with van der Waals surface area (Å²) >= 11 is 0. The molecule has 0 aliphatic rings. The molecule has 1 aromatic rings. The molecule has 0 aliphatic heterocycles. The number of nitriles is 1. The molecule has 5 nitrogen and oxygen atoms in total. The molecule has 1 amide bonds. The zero-order valence-electron chi connectivity index (χ0n) is 8.87. The van der Waals surface area contributed by atoms with Gasteiger partial charge in [-0.2, -0.15) is 10.4 Å². The van der Waals surface area contributed by atoms with Crippen molar-refractivity contribution in [3.8, 4) is 6.07 Å². The van der Waals surface area contributed by atoms with Crippen molar-refractivity contribution in [1.82, 2.24) is 15.5 Å². The van der Waals surface area contributed by atoms with E-state index in [1.165, 1.54) is 0 Å². The van der Waals surface area contributed by atoms with Crippen LogP contribution >= 0.6 is 0 Å². The summed E-state index contributed by atoms with van der Waals surface area (Å²) in [5, 5.41) is 18.0. The second-order valence-electron chi connectivity index (χ2n) is 3.59. The van der Waals surface area contributed by atoms with Gasteiger partial charge >= 0.3 is 0 Å². The van der Waals surface area contributed by atoms with Gasteiger partial charge in [-0.1, -0.05) is 6.92 Å². The van der Waals surface area contributed by atoms with Gasteiger partial charge in [0.25, 0.3) is 0 Å². The molecule has 1 aromatic heterocycles. The topological polar surface area (TPSA) is 81.6 Å². The summed E-state index contributed by atoms with van der Waals surface area (Å²) < 4.78 is 0. The Morgan fingerprint density at radius 2 is 2.53 bits per heavy atom. The highest BCUT2D eigenvalue weighted by molar-refractivity contribution is 5.84. The van der Waals surface area contributed by atoms with Crippen LogP contribution < -0.4 is 5.32 Å². The minimum absolute atomic E-state index is 0.242. The third-order valence-corrected chi connectivity index (χ3v) is 2.46. The standard InChI is InChI=1S/C10H14N4O/c1-3-10(2,7-11)9(15)12-4-8-5-13-14-6-8/h5-6H,3-4H2,1-2H3,(H,12,15)(H,13,14). The molecule has 0 saturated carbocycles. The predicted molar refractivity (Wildman–Crippen MR) is 54.4 cm³/mol. The molecule has 0 aromatic carbocycles. The normalized spacial score (nSPS) is 13.9. The number of hydrogen-bond acceptors (Lipinski definition) is 3. The number of aromatic nitrogens is 2. The van der Waals surface area contributed by atoms with Gasteiger partial charge in [-0.25, -0.2) is 0 Å². The van der Waals surface area contributed by atoms with Crippen molar-refractivity contribution in [3.63, 3.8) is 0 Å². The fourth-order valence-corrected chi connectivity index (χ4v) is 1.04. The third-order valence-electron chi connectivity index (χ3n) is 2.46. The number of carbonyl (C=O) groups excluding carboxylic acids is 1. The zero-order chi connectivity index (χ0) is 11.3. The molecule has 0 fully saturated rings. The lowest BCUT2D eigenvalue weighted by Crippen LogP contribution is -2.37. The fourth-order valence-electron chi connectivity index (χ4n) is 1.04. The van der Waals surface area contributed by atoms with E-state index in [1.54, 1.807) is 19.3 Å². The molecular formula is C10H14N4O. The van der Waals surface area contributed by atoms with Gasteiger partial charge in [0.2, 0.25) is 5.91 Å². The highest BCUT2D eigenvalue weighted by Crippen LogP contribution is 2.19. The van der Waals surface area contributed by atoms with E-state index in [-0.39, 0.29) is 5.91 Å². The number of hydrogen-bond donors (Lipinski definition) is 2. The second-order valence-corrected chi connectivity index (χ2v) is 3.59. The van der Waals surface area contributed by atoms with Gasteiger partial charge in [0.05, 0.1) is 12.3 Å². The maximum atomic E-state index is 11.7. The molecule has 1 heterocycles. The van der Waals surface area contributed by atoms with Crippen LogP contribution in [0.15, 0.2) is 12.4 Å². The number of aromatic amines is 1. The molecule has 15 heavy (non-hydrogen) atoms. The van der Waals surface area contributed by atoms with E-state index in [9.17, 15) is 4.79 Å². The molecule has 0 aliphatic carbocycles. The van der Waals surface area contributed by atoms with E-state index >= 15 is 0 Å².